The van der Waals surface area contributed by atoms with Gasteiger partial charge in [0.15, 0.2) is 0 Å². The zero-order valence-electron chi connectivity index (χ0n) is 11.8. The molecule has 0 unspecified atom stereocenters. The molecule has 0 spiro atoms. The molecule has 1 heterocycles. The van der Waals surface area contributed by atoms with Gasteiger partial charge in [0.25, 0.3) is 0 Å². The first-order valence-electron chi connectivity index (χ1n) is 6.82. The fourth-order valence-electron chi connectivity index (χ4n) is 2.08. The van der Waals surface area contributed by atoms with Gasteiger partial charge in [-0.05, 0) is 24.3 Å². The van der Waals surface area contributed by atoms with E-state index in [2.05, 4.69) is 15.5 Å². The summed E-state index contributed by atoms with van der Waals surface area (Å²) in [5.74, 6) is 0.535. The number of hydrogen-bond acceptors (Lipinski definition) is 4. The van der Waals surface area contributed by atoms with Crippen LogP contribution in [0.15, 0.2) is 59.0 Å². The summed E-state index contributed by atoms with van der Waals surface area (Å²) in [4.78, 5) is 0. The van der Waals surface area contributed by atoms with Gasteiger partial charge in [0.05, 0.1) is 12.1 Å². The summed E-state index contributed by atoms with van der Waals surface area (Å²) >= 11 is 0. The summed E-state index contributed by atoms with van der Waals surface area (Å²) in [5, 5.41) is 10.4. The molecular weight excluding hydrogens is 307 g/mol. The Morgan fingerprint density at radius 2 is 1.61 bits per heavy atom. The second-order valence-corrected chi connectivity index (χ2v) is 4.76. The second kappa shape index (κ2) is 6.12. The van der Waals surface area contributed by atoms with Gasteiger partial charge in [0, 0.05) is 11.3 Å². The summed E-state index contributed by atoms with van der Waals surface area (Å²) in [7, 11) is 0. The fraction of sp³-hybridized carbons (Fsp3) is 0.125. The Kier molecular flexibility index (Phi) is 4.01. The minimum atomic E-state index is -4.42. The number of alkyl halides is 3. The van der Waals surface area contributed by atoms with Crippen LogP contribution in [0.25, 0.3) is 11.5 Å². The van der Waals surface area contributed by atoms with Gasteiger partial charge < -0.3 is 9.73 Å². The molecule has 0 aliphatic carbocycles. The molecule has 3 aromatic rings. The lowest BCUT2D eigenvalue weighted by molar-refractivity contribution is -0.137. The van der Waals surface area contributed by atoms with Crippen LogP contribution in [-0.2, 0) is 12.7 Å². The number of halogens is 3. The molecule has 118 valence electrons. The van der Waals surface area contributed by atoms with Crippen LogP contribution in [0.5, 0.6) is 0 Å². The summed E-state index contributed by atoms with van der Waals surface area (Å²) in [6.45, 7) is 0.00687. The molecule has 4 nitrogen and oxygen atoms in total. The van der Waals surface area contributed by atoms with Crippen molar-refractivity contribution in [1.82, 2.24) is 10.2 Å². The lowest BCUT2D eigenvalue weighted by atomic mass is 10.1. The van der Waals surface area contributed by atoms with Gasteiger partial charge in [-0.2, -0.15) is 13.2 Å². The van der Waals surface area contributed by atoms with E-state index in [1.807, 2.05) is 30.3 Å². The van der Waals surface area contributed by atoms with Crippen molar-refractivity contribution < 1.29 is 17.6 Å². The first kappa shape index (κ1) is 15.1. The number of anilines is 1. The van der Waals surface area contributed by atoms with Crippen molar-refractivity contribution in [2.75, 3.05) is 5.32 Å². The highest BCUT2D eigenvalue weighted by Crippen LogP contribution is 2.34. The zero-order chi connectivity index (χ0) is 16.3. The Hall–Kier alpha value is -2.83. The molecule has 23 heavy (non-hydrogen) atoms. The maximum absolute atomic E-state index is 12.9. The largest absolute Gasteiger partial charge is 0.419 e. The van der Waals surface area contributed by atoms with E-state index in [1.54, 1.807) is 0 Å². The molecule has 2 aromatic carbocycles. The molecule has 1 aromatic heterocycles. The van der Waals surface area contributed by atoms with Crippen LogP contribution < -0.4 is 5.32 Å². The lowest BCUT2D eigenvalue weighted by Gasteiger charge is -2.13. The van der Waals surface area contributed by atoms with Gasteiger partial charge in [-0.3, -0.25) is 0 Å². The van der Waals surface area contributed by atoms with E-state index in [4.69, 9.17) is 4.42 Å². The molecule has 0 amide bonds. The van der Waals surface area contributed by atoms with Crippen molar-refractivity contribution in [3.63, 3.8) is 0 Å². The Labute approximate surface area is 130 Å². The standard InChI is InChI=1S/C16H12F3N3O/c17-16(18,19)12-8-4-5-9-13(12)20-10-14-21-22-15(23-14)11-6-2-1-3-7-11/h1-9,20H,10H2. The van der Waals surface area contributed by atoms with Crippen molar-refractivity contribution in [3.8, 4) is 11.5 Å². The molecule has 1 N–H and O–H groups in total. The van der Waals surface area contributed by atoms with E-state index in [0.717, 1.165) is 11.6 Å². The third kappa shape index (κ3) is 3.50. The first-order valence-corrected chi connectivity index (χ1v) is 6.82. The second-order valence-electron chi connectivity index (χ2n) is 4.76. The molecule has 0 aliphatic rings. The topological polar surface area (TPSA) is 51.0 Å². The Bertz CT molecular complexity index is 785. The van der Waals surface area contributed by atoms with Gasteiger partial charge in [-0.15, -0.1) is 10.2 Å². The van der Waals surface area contributed by atoms with Gasteiger partial charge in [0.2, 0.25) is 11.8 Å². The minimum absolute atomic E-state index is 0.00687. The summed E-state index contributed by atoms with van der Waals surface area (Å²) in [6, 6.07) is 14.4. The van der Waals surface area contributed by atoms with Crippen molar-refractivity contribution in [2.45, 2.75) is 12.7 Å². The van der Waals surface area contributed by atoms with Crippen LogP contribution in [0.2, 0.25) is 0 Å². The van der Waals surface area contributed by atoms with Crippen LogP contribution in [-0.4, -0.2) is 10.2 Å². The van der Waals surface area contributed by atoms with Crippen LogP contribution in [0.4, 0.5) is 18.9 Å². The van der Waals surface area contributed by atoms with E-state index in [1.165, 1.54) is 18.2 Å². The van der Waals surface area contributed by atoms with E-state index in [-0.39, 0.29) is 18.1 Å². The van der Waals surface area contributed by atoms with Gasteiger partial charge >= 0.3 is 6.18 Å². The highest BCUT2D eigenvalue weighted by atomic mass is 19.4. The quantitative estimate of drug-likeness (QED) is 0.776. The number of nitrogens with zero attached hydrogens (tertiary/aromatic N) is 2. The summed E-state index contributed by atoms with van der Waals surface area (Å²) in [6.07, 6.45) is -4.42. The maximum atomic E-state index is 12.9. The Balaban J connectivity index is 1.74. The van der Waals surface area contributed by atoms with Gasteiger partial charge in [-0.25, -0.2) is 0 Å². The number of rotatable bonds is 4. The average Bonchev–Trinajstić information content (AvgIpc) is 3.02. The van der Waals surface area contributed by atoms with Crippen LogP contribution in [0, 0.1) is 0 Å². The highest BCUT2D eigenvalue weighted by molar-refractivity contribution is 5.53. The SMILES string of the molecule is FC(F)(F)c1ccccc1NCc1nnc(-c2ccccc2)o1. The molecular formula is C16H12F3N3O. The molecule has 0 aliphatic heterocycles. The van der Waals surface area contributed by atoms with Crippen molar-refractivity contribution >= 4 is 5.69 Å². The van der Waals surface area contributed by atoms with E-state index >= 15 is 0 Å². The van der Waals surface area contributed by atoms with E-state index < -0.39 is 11.7 Å². The van der Waals surface area contributed by atoms with Crippen molar-refractivity contribution in [2.24, 2.45) is 0 Å². The Morgan fingerprint density at radius 3 is 2.35 bits per heavy atom. The third-order valence-corrected chi connectivity index (χ3v) is 3.15. The van der Waals surface area contributed by atoms with Gasteiger partial charge in [-0.1, -0.05) is 30.3 Å². The molecule has 3 rings (SSSR count). The molecule has 0 saturated heterocycles. The van der Waals surface area contributed by atoms with Crippen molar-refractivity contribution in [1.29, 1.82) is 0 Å². The molecule has 0 saturated carbocycles. The van der Waals surface area contributed by atoms with Gasteiger partial charge in [0.1, 0.15) is 0 Å². The predicted molar refractivity (Wildman–Crippen MR) is 78.5 cm³/mol. The van der Waals surface area contributed by atoms with E-state index in [0.29, 0.717) is 5.89 Å². The van der Waals surface area contributed by atoms with Crippen LogP contribution >= 0.6 is 0 Å². The number of aromatic nitrogens is 2. The molecule has 0 bridgehead atoms. The molecule has 7 heteroatoms. The molecule has 0 radical (unpaired) electrons. The number of benzene rings is 2. The lowest BCUT2D eigenvalue weighted by Crippen LogP contribution is -2.10. The third-order valence-electron chi connectivity index (χ3n) is 3.15. The smallest absolute Gasteiger partial charge is 0.418 e. The number of hydrogen-bond donors (Lipinski definition) is 1. The van der Waals surface area contributed by atoms with E-state index in [9.17, 15) is 13.2 Å². The fourth-order valence-corrected chi connectivity index (χ4v) is 2.08. The normalized spacial score (nSPS) is 11.4. The Morgan fingerprint density at radius 1 is 0.913 bits per heavy atom. The highest BCUT2D eigenvalue weighted by Gasteiger charge is 2.33. The molecule has 0 fully saturated rings. The van der Waals surface area contributed by atoms with Crippen LogP contribution in [0.3, 0.4) is 0 Å². The predicted octanol–water partition coefficient (Wildman–Crippen LogP) is 4.37. The average molecular weight is 319 g/mol. The number of para-hydroxylation sites is 1. The maximum Gasteiger partial charge on any atom is 0.418 e. The summed E-state index contributed by atoms with van der Waals surface area (Å²) < 4.78 is 44.2. The minimum Gasteiger partial charge on any atom is -0.419 e. The zero-order valence-corrected chi connectivity index (χ0v) is 11.8. The molecule has 0 atom stereocenters. The van der Waals surface area contributed by atoms with Crippen molar-refractivity contribution in [3.05, 3.63) is 66.1 Å². The van der Waals surface area contributed by atoms with Crippen LogP contribution in [0.1, 0.15) is 11.5 Å². The first-order chi connectivity index (χ1) is 11.0. The number of nitrogens with one attached hydrogen (secondary N) is 1. The monoisotopic (exact) mass is 319 g/mol. The summed E-state index contributed by atoms with van der Waals surface area (Å²) in [5.41, 5.74) is -0.01000.